The highest BCUT2D eigenvalue weighted by molar-refractivity contribution is 7.19. The van der Waals surface area contributed by atoms with Crippen LogP contribution in [0.25, 0.3) is 26.1 Å². The van der Waals surface area contributed by atoms with Gasteiger partial charge in [0.15, 0.2) is 0 Å². The molecule has 0 amide bonds. The highest BCUT2D eigenvalue weighted by Gasteiger charge is 2.13. The Morgan fingerprint density at radius 1 is 1.13 bits per heavy atom. The summed E-state index contributed by atoms with van der Waals surface area (Å²) >= 11 is 9.13. The smallest absolute Gasteiger partial charge is 0.140 e. The van der Waals surface area contributed by atoms with E-state index in [1.807, 2.05) is 54.3 Å². The molecular weight excluding hydrogens is 348 g/mol. The van der Waals surface area contributed by atoms with Crippen LogP contribution in [0.3, 0.4) is 0 Å². The first-order valence-corrected chi connectivity index (χ1v) is 8.91. The molecule has 0 unspecified atom stereocenters. The molecule has 0 atom stereocenters. The van der Waals surface area contributed by atoms with Crippen LogP contribution in [0.5, 0.6) is 0 Å². The Morgan fingerprint density at radius 3 is 2.78 bits per heavy atom. The molecule has 4 aromatic heterocycles. The zero-order valence-corrected chi connectivity index (χ0v) is 14.5. The molecule has 0 bridgehead atoms. The molecule has 4 rings (SSSR count). The van der Waals surface area contributed by atoms with Gasteiger partial charge in [-0.05, 0) is 37.3 Å². The summed E-state index contributed by atoms with van der Waals surface area (Å²) < 4.78 is 2.64. The van der Waals surface area contributed by atoms with Crippen molar-refractivity contribution < 1.29 is 0 Å². The Hall–Kier alpha value is -2.02. The minimum Gasteiger partial charge on any atom is -0.264 e. The van der Waals surface area contributed by atoms with Gasteiger partial charge in [-0.15, -0.1) is 11.3 Å². The van der Waals surface area contributed by atoms with Crippen molar-refractivity contribution in [3.8, 4) is 26.1 Å². The molecule has 7 heteroatoms. The SMILES string of the molecule is Cc1nc(-c2cccnc2)sc1-n1ccc(-c2ccc(Cl)s2)n1. The summed E-state index contributed by atoms with van der Waals surface area (Å²) in [6.45, 7) is 2.00. The maximum absolute atomic E-state index is 6.00. The summed E-state index contributed by atoms with van der Waals surface area (Å²) in [5.41, 5.74) is 2.88. The van der Waals surface area contributed by atoms with Gasteiger partial charge in [-0.1, -0.05) is 22.9 Å². The van der Waals surface area contributed by atoms with E-state index in [1.165, 1.54) is 11.3 Å². The van der Waals surface area contributed by atoms with E-state index >= 15 is 0 Å². The van der Waals surface area contributed by atoms with Crippen molar-refractivity contribution in [3.63, 3.8) is 0 Å². The fourth-order valence-corrected chi connectivity index (χ4v) is 4.24. The number of hydrogen-bond donors (Lipinski definition) is 0. The largest absolute Gasteiger partial charge is 0.264 e. The number of pyridine rings is 1. The third-order valence-corrected chi connectivity index (χ3v) is 5.75. The Bertz CT molecular complexity index is 956. The van der Waals surface area contributed by atoms with Crippen LogP contribution in [-0.4, -0.2) is 19.7 Å². The first-order chi connectivity index (χ1) is 11.2. The predicted octanol–water partition coefficient (Wildman–Crippen LogP) is 5.08. The highest BCUT2D eigenvalue weighted by atomic mass is 35.5. The van der Waals surface area contributed by atoms with E-state index in [2.05, 4.69) is 15.1 Å². The third-order valence-electron chi connectivity index (χ3n) is 3.30. The first kappa shape index (κ1) is 14.6. The zero-order valence-electron chi connectivity index (χ0n) is 12.1. The van der Waals surface area contributed by atoms with Crippen LogP contribution in [0.15, 0.2) is 48.9 Å². The van der Waals surface area contributed by atoms with E-state index in [0.717, 1.165) is 36.2 Å². The minimum absolute atomic E-state index is 0.766. The summed E-state index contributed by atoms with van der Waals surface area (Å²) in [6.07, 6.45) is 5.54. The molecule has 4 heterocycles. The van der Waals surface area contributed by atoms with Crippen LogP contribution >= 0.6 is 34.3 Å². The molecule has 0 aliphatic carbocycles. The number of hydrogen-bond acceptors (Lipinski definition) is 5. The lowest BCUT2D eigenvalue weighted by Gasteiger charge is -1.97. The molecule has 0 saturated carbocycles. The van der Waals surface area contributed by atoms with Crippen LogP contribution in [0.2, 0.25) is 4.34 Å². The van der Waals surface area contributed by atoms with Gasteiger partial charge in [0.25, 0.3) is 0 Å². The number of nitrogens with zero attached hydrogens (tertiary/aromatic N) is 4. The van der Waals surface area contributed by atoms with Crippen LogP contribution in [-0.2, 0) is 0 Å². The topological polar surface area (TPSA) is 43.6 Å². The van der Waals surface area contributed by atoms with Crippen molar-refractivity contribution in [1.82, 2.24) is 19.7 Å². The summed E-state index contributed by atoms with van der Waals surface area (Å²) in [4.78, 5) is 9.85. The zero-order chi connectivity index (χ0) is 15.8. The van der Waals surface area contributed by atoms with E-state index in [9.17, 15) is 0 Å². The summed E-state index contributed by atoms with van der Waals surface area (Å²) in [7, 11) is 0. The molecule has 0 saturated heterocycles. The van der Waals surface area contributed by atoms with Gasteiger partial charge in [-0.25, -0.2) is 9.67 Å². The number of aryl methyl sites for hydroxylation is 1. The maximum atomic E-state index is 6.00. The lowest BCUT2D eigenvalue weighted by Crippen LogP contribution is -1.93. The summed E-state index contributed by atoms with van der Waals surface area (Å²) in [5.74, 6) is 0. The van der Waals surface area contributed by atoms with E-state index in [1.54, 1.807) is 17.5 Å². The van der Waals surface area contributed by atoms with Crippen LogP contribution in [0.4, 0.5) is 0 Å². The minimum atomic E-state index is 0.766. The molecule has 0 aliphatic rings. The molecule has 0 spiro atoms. The number of aromatic nitrogens is 4. The second-order valence-corrected chi connectivity index (χ2v) is 7.59. The fourth-order valence-electron chi connectivity index (χ4n) is 2.23. The first-order valence-electron chi connectivity index (χ1n) is 6.90. The van der Waals surface area contributed by atoms with Gasteiger partial charge in [0.2, 0.25) is 0 Å². The fraction of sp³-hybridized carbons (Fsp3) is 0.0625. The number of halogens is 1. The Kier molecular flexibility index (Phi) is 3.72. The molecular formula is C16H11ClN4S2. The van der Waals surface area contributed by atoms with Gasteiger partial charge in [0, 0.05) is 24.2 Å². The Labute approximate surface area is 146 Å². The van der Waals surface area contributed by atoms with E-state index < -0.39 is 0 Å². The highest BCUT2D eigenvalue weighted by Crippen LogP contribution is 2.33. The lowest BCUT2D eigenvalue weighted by molar-refractivity contribution is 0.889. The van der Waals surface area contributed by atoms with E-state index in [-0.39, 0.29) is 0 Å². The summed E-state index contributed by atoms with van der Waals surface area (Å²) in [5, 5.41) is 6.61. The quantitative estimate of drug-likeness (QED) is 0.513. The second-order valence-electron chi connectivity index (χ2n) is 4.90. The average molecular weight is 359 g/mol. The van der Waals surface area contributed by atoms with Crippen molar-refractivity contribution in [3.05, 3.63) is 59.0 Å². The average Bonchev–Trinajstić information content (AvgIpc) is 3.27. The van der Waals surface area contributed by atoms with Crippen molar-refractivity contribution in [2.45, 2.75) is 6.92 Å². The molecule has 4 aromatic rings. The number of thiazole rings is 1. The van der Waals surface area contributed by atoms with Crippen LogP contribution in [0, 0.1) is 6.92 Å². The molecule has 114 valence electrons. The molecule has 0 aromatic carbocycles. The second kappa shape index (κ2) is 5.88. The lowest BCUT2D eigenvalue weighted by atomic mass is 10.3. The van der Waals surface area contributed by atoms with Crippen LogP contribution in [0.1, 0.15) is 5.69 Å². The van der Waals surface area contributed by atoms with Crippen molar-refractivity contribution >= 4 is 34.3 Å². The van der Waals surface area contributed by atoms with Gasteiger partial charge in [0.05, 0.1) is 14.9 Å². The Morgan fingerprint density at radius 2 is 2.04 bits per heavy atom. The van der Waals surface area contributed by atoms with Gasteiger partial charge < -0.3 is 0 Å². The van der Waals surface area contributed by atoms with Crippen molar-refractivity contribution in [2.75, 3.05) is 0 Å². The van der Waals surface area contributed by atoms with Crippen molar-refractivity contribution in [2.24, 2.45) is 0 Å². The normalized spacial score (nSPS) is 11.0. The van der Waals surface area contributed by atoms with Gasteiger partial charge in [-0.3, -0.25) is 4.98 Å². The van der Waals surface area contributed by atoms with Gasteiger partial charge in [0.1, 0.15) is 15.7 Å². The van der Waals surface area contributed by atoms with Gasteiger partial charge in [-0.2, -0.15) is 5.10 Å². The molecule has 0 fully saturated rings. The number of thiophene rings is 1. The van der Waals surface area contributed by atoms with E-state index in [0.29, 0.717) is 0 Å². The predicted molar refractivity (Wildman–Crippen MR) is 95.5 cm³/mol. The molecule has 4 nitrogen and oxygen atoms in total. The van der Waals surface area contributed by atoms with Crippen LogP contribution < -0.4 is 0 Å². The molecule has 0 radical (unpaired) electrons. The maximum Gasteiger partial charge on any atom is 0.140 e. The monoisotopic (exact) mass is 358 g/mol. The third kappa shape index (κ3) is 2.81. The van der Waals surface area contributed by atoms with E-state index in [4.69, 9.17) is 11.6 Å². The molecule has 0 N–H and O–H groups in total. The van der Waals surface area contributed by atoms with Crippen molar-refractivity contribution in [1.29, 1.82) is 0 Å². The van der Waals surface area contributed by atoms with Gasteiger partial charge >= 0.3 is 0 Å². The summed E-state index contributed by atoms with van der Waals surface area (Å²) in [6, 6.07) is 9.79. The molecule has 0 aliphatic heterocycles. The number of rotatable bonds is 3. The Balaban J connectivity index is 1.72. The standard InChI is InChI=1S/C16H11ClN4S2/c1-10-16(23-15(19-10)11-3-2-7-18-9-11)21-8-6-12(20-21)13-4-5-14(17)22-13/h2-9H,1H3. The molecule has 23 heavy (non-hydrogen) atoms.